The lowest BCUT2D eigenvalue weighted by Crippen LogP contribution is -2.44. The third-order valence-electron chi connectivity index (χ3n) is 7.72. The Hall–Kier alpha value is -4.27. The van der Waals surface area contributed by atoms with Crippen LogP contribution in [0.4, 0.5) is 11.6 Å². The molecule has 0 spiro atoms. The van der Waals surface area contributed by atoms with E-state index in [9.17, 15) is 4.79 Å². The number of aliphatic imine (C=N–C) groups is 1. The van der Waals surface area contributed by atoms with Crippen molar-refractivity contribution in [1.29, 1.82) is 0 Å². The molecule has 41 heavy (non-hydrogen) atoms. The molecule has 1 aromatic heterocycles. The highest BCUT2D eigenvalue weighted by Gasteiger charge is 2.26. The zero-order valence-corrected chi connectivity index (χ0v) is 23.8. The van der Waals surface area contributed by atoms with E-state index < -0.39 is 0 Å². The molecule has 4 aromatic rings. The molecule has 2 aliphatic heterocycles. The van der Waals surface area contributed by atoms with Crippen LogP contribution in [0.2, 0.25) is 5.02 Å². The summed E-state index contributed by atoms with van der Waals surface area (Å²) in [5.74, 6) is 1.14. The molecule has 0 aliphatic carbocycles. The lowest BCUT2D eigenvalue weighted by atomic mass is 9.95. The quantitative estimate of drug-likeness (QED) is 0.310. The number of halogens is 1. The lowest BCUT2D eigenvalue weighted by Gasteiger charge is -2.32. The first kappa shape index (κ1) is 26.9. The molecule has 0 atom stereocenters. The topological polar surface area (TPSA) is 91.7 Å². The summed E-state index contributed by atoms with van der Waals surface area (Å²) in [6.45, 7) is 1.84. The number of hydrogen-bond donors (Lipinski definition) is 2. The van der Waals surface area contributed by atoms with Gasteiger partial charge in [-0.05, 0) is 56.3 Å². The maximum Gasteiger partial charge on any atom is 0.255 e. The summed E-state index contributed by atoms with van der Waals surface area (Å²) in [5.41, 5.74) is 6.35. The van der Waals surface area contributed by atoms with Crippen molar-refractivity contribution >= 4 is 34.9 Å². The van der Waals surface area contributed by atoms with Gasteiger partial charge in [0.2, 0.25) is 5.95 Å². The molecular weight excluding hydrogens is 536 g/mol. The van der Waals surface area contributed by atoms with E-state index in [0.717, 1.165) is 65.3 Å². The minimum Gasteiger partial charge on any atom is -0.496 e. The van der Waals surface area contributed by atoms with Crippen LogP contribution in [0.1, 0.15) is 39.9 Å². The highest BCUT2D eigenvalue weighted by molar-refractivity contribution is 6.31. The Morgan fingerprint density at radius 1 is 1.00 bits per heavy atom. The SMILES string of the molecule is CNC1CCN(C(=O)c2ccccc2Nc2ncc3c(n2)-c2ccc(Cl)cc2C(c2ccccc2OC)=NC3)CC1. The number of para-hydroxylation sites is 2. The standard InChI is InChI=1S/C32H31ClN6O2/c1-34-22-13-15-39(16-14-22)31(40)24-7-3-5-9-27(24)37-32-36-19-20-18-35-30(25-8-4-6-10-28(25)41-2)26-17-21(33)11-12-23(26)29(20)38-32/h3-12,17,19,22,34H,13-16,18H2,1-2H3,(H,36,37,38). The van der Waals surface area contributed by atoms with Crippen LogP contribution < -0.4 is 15.4 Å². The first-order chi connectivity index (χ1) is 20.1. The van der Waals surface area contributed by atoms with Crippen LogP contribution in [0.25, 0.3) is 11.3 Å². The molecule has 208 valence electrons. The number of piperidine rings is 1. The number of benzene rings is 3. The largest absolute Gasteiger partial charge is 0.496 e. The molecule has 1 amide bonds. The van der Waals surface area contributed by atoms with Gasteiger partial charge in [-0.25, -0.2) is 9.97 Å². The van der Waals surface area contributed by atoms with Crippen molar-refractivity contribution in [3.63, 3.8) is 0 Å². The number of rotatable bonds is 6. The Morgan fingerprint density at radius 3 is 2.59 bits per heavy atom. The van der Waals surface area contributed by atoms with Crippen LogP contribution in [-0.2, 0) is 6.54 Å². The highest BCUT2D eigenvalue weighted by Crippen LogP contribution is 2.35. The summed E-state index contributed by atoms with van der Waals surface area (Å²) in [6.07, 6.45) is 3.67. The van der Waals surface area contributed by atoms with E-state index in [4.69, 9.17) is 26.3 Å². The van der Waals surface area contributed by atoms with Crippen molar-refractivity contribution in [2.45, 2.75) is 25.4 Å². The van der Waals surface area contributed by atoms with Crippen molar-refractivity contribution in [3.8, 4) is 17.0 Å². The van der Waals surface area contributed by atoms with Gasteiger partial charge in [0, 0.05) is 52.6 Å². The maximum absolute atomic E-state index is 13.5. The summed E-state index contributed by atoms with van der Waals surface area (Å²) in [6, 6.07) is 21.5. The summed E-state index contributed by atoms with van der Waals surface area (Å²) >= 11 is 6.48. The molecule has 0 unspecified atom stereocenters. The Kier molecular flexibility index (Phi) is 7.67. The fourth-order valence-corrected chi connectivity index (χ4v) is 5.67. The fourth-order valence-electron chi connectivity index (χ4n) is 5.50. The number of carbonyl (C=O) groups excluding carboxylic acids is 1. The molecule has 1 saturated heterocycles. The number of hydrogen-bond acceptors (Lipinski definition) is 7. The smallest absolute Gasteiger partial charge is 0.255 e. The molecular formula is C32H31ClN6O2. The van der Waals surface area contributed by atoms with Gasteiger partial charge in [0.25, 0.3) is 5.91 Å². The minimum absolute atomic E-state index is 0.00671. The normalized spacial score (nSPS) is 14.9. The van der Waals surface area contributed by atoms with E-state index in [0.29, 0.717) is 34.8 Å². The van der Waals surface area contributed by atoms with Gasteiger partial charge in [-0.1, -0.05) is 41.9 Å². The van der Waals surface area contributed by atoms with Gasteiger partial charge >= 0.3 is 0 Å². The molecule has 0 radical (unpaired) electrons. The van der Waals surface area contributed by atoms with Crippen molar-refractivity contribution in [2.24, 2.45) is 4.99 Å². The predicted octanol–water partition coefficient (Wildman–Crippen LogP) is 5.72. The van der Waals surface area contributed by atoms with Crippen LogP contribution in [0.15, 0.2) is 77.9 Å². The molecule has 3 heterocycles. The van der Waals surface area contributed by atoms with Crippen molar-refractivity contribution in [1.82, 2.24) is 20.2 Å². The molecule has 3 aromatic carbocycles. The van der Waals surface area contributed by atoms with Gasteiger partial charge in [-0.3, -0.25) is 9.79 Å². The number of anilines is 2. The second-order valence-corrected chi connectivity index (χ2v) is 10.6. The summed E-state index contributed by atoms with van der Waals surface area (Å²) in [4.78, 5) is 29.9. The van der Waals surface area contributed by atoms with E-state index in [1.54, 1.807) is 13.3 Å². The number of fused-ring (bicyclic) bond motifs is 3. The van der Waals surface area contributed by atoms with E-state index in [-0.39, 0.29) is 5.91 Å². The second kappa shape index (κ2) is 11.7. The van der Waals surface area contributed by atoms with E-state index in [1.807, 2.05) is 78.7 Å². The summed E-state index contributed by atoms with van der Waals surface area (Å²) in [5, 5.41) is 7.24. The van der Waals surface area contributed by atoms with Crippen LogP contribution in [0.5, 0.6) is 5.75 Å². The predicted molar refractivity (Wildman–Crippen MR) is 163 cm³/mol. The van der Waals surface area contributed by atoms with Crippen molar-refractivity contribution in [3.05, 3.63) is 100 Å². The summed E-state index contributed by atoms with van der Waals surface area (Å²) in [7, 11) is 3.63. The van der Waals surface area contributed by atoms with Gasteiger partial charge in [-0.15, -0.1) is 0 Å². The average Bonchev–Trinajstić information content (AvgIpc) is 3.17. The summed E-state index contributed by atoms with van der Waals surface area (Å²) < 4.78 is 5.65. The minimum atomic E-state index is 0.00671. The first-order valence-corrected chi connectivity index (χ1v) is 14.1. The van der Waals surface area contributed by atoms with Gasteiger partial charge in [0.05, 0.1) is 36.3 Å². The number of aromatic nitrogens is 2. The van der Waals surface area contributed by atoms with Crippen LogP contribution in [0.3, 0.4) is 0 Å². The zero-order valence-electron chi connectivity index (χ0n) is 23.0. The number of ether oxygens (including phenoxy) is 1. The molecule has 2 N–H and O–H groups in total. The monoisotopic (exact) mass is 566 g/mol. The van der Waals surface area contributed by atoms with Crippen LogP contribution >= 0.6 is 11.6 Å². The molecule has 8 nitrogen and oxygen atoms in total. The van der Waals surface area contributed by atoms with E-state index >= 15 is 0 Å². The van der Waals surface area contributed by atoms with E-state index in [1.165, 1.54) is 0 Å². The highest BCUT2D eigenvalue weighted by atomic mass is 35.5. The van der Waals surface area contributed by atoms with Gasteiger partial charge in [0.1, 0.15) is 5.75 Å². The molecule has 1 fully saturated rings. The fraction of sp³-hybridized carbons (Fsp3) is 0.250. The van der Waals surface area contributed by atoms with Crippen LogP contribution in [-0.4, -0.2) is 59.8 Å². The lowest BCUT2D eigenvalue weighted by molar-refractivity contribution is 0.0708. The Morgan fingerprint density at radius 2 is 1.78 bits per heavy atom. The van der Waals surface area contributed by atoms with Crippen LogP contribution in [0, 0.1) is 0 Å². The average molecular weight is 567 g/mol. The number of likely N-dealkylation sites (tertiary alicyclic amines) is 1. The number of nitrogens with one attached hydrogen (secondary N) is 2. The molecule has 0 bridgehead atoms. The third-order valence-corrected chi connectivity index (χ3v) is 7.96. The number of methoxy groups -OCH3 is 1. The molecule has 9 heteroatoms. The Balaban J connectivity index is 1.34. The van der Waals surface area contributed by atoms with Crippen molar-refractivity contribution < 1.29 is 9.53 Å². The number of amides is 1. The van der Waals surface area contributed by atoms with Gasteiger partial charge in [0.15, 0.2) is 0 Å². The molecule has 6 rings (SSSR count). The number of nitrogens with zero attached hydrogens (tertiary/aromatic N) is 4. The zero-order chi connectivity index (χ0) is 28.3. The molecule has 0 saturated carbocycles. The van der Waals surface area contributed by atoms with Gasteiger partial charge in [-0.2, -0.15) is 0 Å². The third kappa shape index (κ3) is 5.40. The number of carbonyl (C=O) groups is 1. The first-order valence-electron chi connectivity index (χ1n) is 13.7. The van der Waals surface area contributed by atoms with Gasteiger partial charge < -0.3 is 20.3 Å². The Bertz CT molecular complexity index is 1630. The van der Waals surface area contributed by atoms with E-state index in [2.05, 4.69) is 15.6 Å². The molecule has 2 aliphatic rings. The maximum atomic E-state index is 13.5. The van der Waals surface area contributed by atoms with Crippen molar-refractivity contribution in [2.75, 3.05) is 32.6 Å². The Labute approximate surface area is 244 Å². The second-order valence-electron chi connectivity index (χ2n) is 10.1.